The first-order valence-electron chi connectivity index (χ1n) is 11.7. The Morgan fingerprint density at radius 3 is 2.49 bits per heavy atom. The van der Waals surface area contributed by atoms with Gasteiger partial charge in [0.25, 0.3) is 5.91 Å². The number of fused-ring (bicyclic) bond motifs is 1. The lowest BCUT2D eigenvalue weighted by Gasteiger charge is -2.32. The van der Waals surface area contributed by atoms with Crippen molar-refractivity contribution in [3.8, 4) is 11.3 Å². The molecule has 0 saturated carbocycles. The minimum absolute atomic E-state index is 0.155. The Bertz CT molecular complexity index is 1260. The standard InChI is InChI=1S/C26H31FN4O4/c1-26(2,3)35-25(34)31-20-14-18(24(33)28-4)6-5-17(20)13-21(31)19-7-8-22(29-23(19)27)30-11-9-16(15-32)10-12-30/h5-8,13-14,16,32H,9-12,15H2,1-4H3,(H,28,33). The number of hydrogen-bond donors (Lipinski definition) is 2. The summed E-state index contributed by atoms with van der Waals surface area (Å²) in [6.07, 6.45) is 0.968. The number of benzene rings is 1. The molecule has 0 bridgehead atoms. The number of carbonyl (C=O) groups excluding carboxylic acids is 2. The number of amides is 1. The van der Waals surface area contributed by atoms with Crippen molar-refractivity contribution < 1.29 is 23.8 Å². The molecule has 0 atom stereocenters. The molecule has 3 heterocycles. The Morgan fingerprint density at radius 1 is 1.17 bits per heavy atom. The van der Waals surface area contributed by atoms with Crippen molar-refractivity contribution in [1.82, 2.24) is 14.9 Å². The van der Waals surface area contributed by atoms with E-state index in [4.69, 9.17) is 4.74 Å². The molecule has 4 rings (SSSR count). The number of aromatic nitrogens is 2. The summed E-state index contributed by atoms with van der Waals surface area (Å²) in [5.74, 6) is -0.220. The minimum Gasteiger partial charge on any atom is -0.443 e. The van der Waals surface area contributed by atoms with Crippen molar-refractivity contribution in [2.24, 2.45) is 5.92 Å². The summed E-state index contributed by atoms with van der Waals surface area (Å²) in [6, 6.07) is 10.0. The first-order chi connectivity index (χ1) is 16.6. The van der Waals surface area contributed by atoms with Gasteiger partial charge in [-0.15, -0.1) is 0 Å². The van der Waals surface area contributed by atoms with Gasteiger partial charge in [0.05, 0.1) is 16.8 Å². The number of nitrogens with zero attached hydrogens (tertiary/aromatic N) is 3. The molecule has 1 fully saturated rings. The van der Waals surface area contributed by atoms with Gasteiger partial charge < -0.3 is 20.1 Å². The zero-order chi connectivity index (χ0) is 25.3. The number of halogens is 1. The molecule has 0 spiro atoms. The quantitative estimate of drug-likeness (QED) is 0.541. The van der Waals surface area contributed by atoms with Gasteiger partial charge in [-0.1, -0.05) is 6.07 Å². The second kappa shape index (κ2) is 9.65. The summed E-state index contributed by atoms with van der Waals surface area (Å²) in [4.78, 5) is 31.6. The number of aliphatic hydroxyl groups is 1. The molecule has 0 unspecified atom stereocenters. The Hall–Kier alpha value is -3.46. The van der Waals surface area contributed by atoms with E-state index in [2.05, 4.69) is 10.3 Å². The highest BCUT2D eigenvalue weighted by Crippen LogP contribution is 2.33. The monoisotopic (exact) mass is 482 g/mol. The van der Waals surface area contributed by atoms with E-state index in [1.807, 2.05) is 4.90 Å². The topological polar surface area (TPSA) is 96.7 Å². The van der Waals surface area contributed by atoms with Gasteiger partial charge in [-0.3, -0.25) is 4.79 Å². The molecule has 0 aliphatic carbocycles. The van der Waals surface area contributed by atoms with Gasteiger partial charge in [-0.2, -0.15) is 4.39 Å². The smallest absolute Gasteiger partial charge is 0.419 e. The number of nitrogens with one attached hydrogen (secondary N) is 1. The van der Waals surface area contributed by atoms with E-state index in [1.54, 1.807) is 57.2 Å². The lowest BCUT2D eigenvalue weighted by molar-refractivity contribution is 0.0547. The second-order valence-electron chi connectivity index (χ2n) is 9.82. The van der Waals surface area contributed by atoms with Gasteiger partial charge in [0.1, 0.15) is 11.4 Å². The fourth-order valence-corrected chi connectivity index (χ4v) is 4.33. The zero-order valence-electron chi connectivity index (χ0n) is 20.5. The number of carbonyl (C=O) groups is 2. The molecule has 35 heavy (non-hydrogen) atoms. The Morgan fingerprint density at radius 2 is 1.89 bits per heavy atom. The maximum Gasteiger partial charge on any atom is 0.419 e. The van der Waals surface area contributed by atoms with Crippen LogP contribution in [0.5, 0.6) is 0 Å². The summed E-state index contributed by atoms with van der Waals surface area (Å²) >= 11 is 0. The van der Waals surface area contributed by atoms with Gasteiger partial charge in [-0.05, 0) is 69.9 Å². The van der Waals surface area contributed by atoms with Crippen molar-refractivity contribution in [3.05, 3.63) is 47.9 Å². The van der Waals surface area contributed by atoms with Gasteiger partial charge in [0, 0.05) is 37.7 Å². The molecule has 2 aromatic heterocycles. The van der Waals surface area contributed by atoms with Gasteiger partial charge in [0.15, 0.2) is 0 Å². The van der Waals surface area contributed by atoms with Crippen molar-refractivity contribution in [1.29, 1.82) is 0 Å². The predicted octanol–water partition coefficient (Wildman–Crippen LogP) is 4.19. The van der Waals surface area contributed by atoms with Crippen LogP contribution >= 0.6 is 0 Å². The van der Waals surface area contributed by atoms with Crippen LogP contribution in [0.2, 0.25) is 0 Å². The van der Waals surface area contributed by atoms with Crippen LogP contribution in [0.3, 0.4) is 0 Å². The molecule has 186 valence electrons. The number of ether oxygens (including phenoxy) is 1. The maximum atomic E-state index is 15.4. The fourth-order valence-electron chi connectivity index (χ4n) is 4.33. The molecule has 9 heteroatoms. The normalized spacial score (nSPS) is 14.9. The zero-order valence-corrected chi connectivity index (χ0v) is 20.5. The highest BCUT2D eigenvalue weighted by Gasteiger charge is 2.26. The molecule has 8 nitrogen and oxygen atoms in total. The molecule has 1 amide bonds. The number of aliphatic hydroxyl groups excluding tert-OH is 1. The molecule has 1 aliphatic heterocycles. The third kappa shape index (κ3) is 5.14. The van der Waals surface area contributed by atoms with E-state index in [0.717, 1.165) is 12.8 Å². The van der Waals surface area contributed by atoms with Gasteiger partial charge in [-0.25, -0.2) is 14.3 Å². The number of piperidine rings is 1. The maximum absolute atomic E-state index is 15.4. The van der Waals surface area contributed by atoms with E-state index in [1.165, 1.54) is 11.6 Å². The SMILES string of the molecule is CNC(=O)c1ccc2cc(-c3ccc(N4CCC(CO)CC4)nc3F)n(C(=O)OC(C)(C)C)c2c1. The van der Waals surface area contributed by atoms with Crippen LogP contribution in [0, 0.1) is 11.9 Å². The van der Waals surface area contributed by atoms with E-state index in [-0.39, 0.29) is 24.0 Å². The molecule has 3 aromatic rings. The highest BCUT2D eigenvalue weighted by atomic mass is 19.1. The van der Waals surface area contributed by atoms with Crippen LogP contribution in [0.25, 0.3) is 22.2 Å². The minimum atomic E-state index is -0.773. The Balaban J connectivity index is 1.78. The average molecular weight is 483 g/mol. The first-order valence-corrected chi connectivity index (χ1v) is 11.7. The Kier molecular flexibility index (Phi) is 6.80. The number of pyridine rings is 1. The summed E-state index contributed by atoms with van der Waals surface area (Å²) < 4.78 is 22.3. The third-order valence-corrected chi connectivity index (χ3v) is 6.18. The molecular formula is C26H31FN4O4. The summed E-state index contributed by atoms with van der Waals surface area (Å²) in [5, 5.41) is 12.6. The Labute approximate surface area is 203 Å². The molecule has 1 aliphatic rings. The first kappa shape index (κ1) is 24.7. The predicted molar refractivity (Wildman–Crippen MR) is 132 cm³/mol. The summed E-state index contributed by atoms with van der Waals surface area (Å²) in [6.45, 7) is 6.80. The van der Waals surface area contributed by atoms with Crippen molar-refractivity contribution in [3.63, 3.8) is 0 Å². The van der Waals surface area contributed by atoms with Crippen LogP contribution in [0.4, 0.5) is 15.0 Å². The van der Waals surface area contributed by atoms with Crippen LogP contribution in [0.1, 0.15) is 44.0 Å². The van der Waals surface area contributed by atoms with Crippen LogP contribution < -0.4 is 10.2 Å². The van der Waals surface area contributed by atoms with E-state index in [0.29, 0.717) is 41.1 Å². The fraction of sp³-hybridized carbons (Fsp3) is 0.423. The average Bonchev–Trinajstić information content (AvgIpc) is 3.21. The highest BCUT2D eigenvalue weighted by molar-refractivity contribution is 6.02. The number of rotatable bonds is 4. The van der Waals surface area contributed by atoms with E-state index < -0.39 is 17.6 Å². The molecule has 1 saturated heterocycles. The summed E-state index contributed by atoms with van der Waals surface area (Å²) in [5.41, 5.74) is 0.478. The molecule has 2 N–H and O–H groups in total. The third-order valence-electron chi connectivity index (χ3n) is 6.18. The molecular weight excluding hydrogens is 451 g/mol. The van der Waals surface area contributed by atoms with Gasteiger partial charge >= 0.3 is 6.09 Å². The number of anilines is 1. The number of hydrogen-bond acceptors (Lipinski definition) is 6. The lowest BCUT2D eigenvalue weighted by atomic mass is 9.98. The van der Waals surface area contributed by atoms with Crippen LogP contribution in [-0.2, 0) is 4.74 Å². The van der Waals surface area contributed by atoms with Crippen molar-refractivity contribution >= 4 is 28.7 Å². The lowest BCUT2D eigenvalue weighted by Crippen LogP contribution is -2.35. The van der Waals surface area contributed by atoms with Crippen LogP contribution in [0.15, 0.2) is 36.4 Å². The van der Waals surface area contributed by atoms with E-state index >= 15 is 4.39 Å². The van der Waals surface area contributed by atoms with Crippen molar-refractivity contribution in [2.45, 2.75) is 39.2 Å². The second-order valence-corrected chi connectivity index (χ2v) is 9.82. The van der Waals surface area contributed by atoms with Crippen molar-refractivity contribution in [2.75, 3.05) is 31.6 Å². The van der Waals surface area contributed by atoms with E-state index in [9.17, 15) is 14.7 Å². The summed E-state index contributed by atoms with van der Waals surface area (Å²) in [7, 11) is 1.53. The molecule has 0 radical (unpaired) electrons. The van der Waals surface area contributed by atoms with Gasteiger partial charge in [0.2, 0.25) is 5.95 Å². The molecule has 1 aromatic carbocycles. The largest absolute Gasteiger partial charge is 0.443 e. The van der Waals surface area contributed by atoms with Crippen LogP contribution in [-0.4, -0.2) is 59.0 Å².